The van der Waals surface area contributed by atoms with Crippen molar-refractivity contribution in [2.75, 3.05) is 11.9 Å². The van der Waals surface area contributed by atoms with Crippen molar-refractivity contribution in [2.45, 2.75) is 13.3 Å². The Bertz CT molecular complexity index is 426. The molecule has 1 N–H and O–H groups in total. The summed E-state index contributed by atoms with van der Waals surface area (Å²) in [6, 6.07) is 8.79. The van der Waals surface area contributed by atoms with Crippen LogP contribution in [0.5, 0.6) is 0 Å². The molecule has 0 unspecified atom stereocenters. The van der Waals surface area contributed by atoms with E-state index in [2.05, 4.69) is 11.9 Å². The molecule has 0 radical (unpaired) electrons. The molecule has 0 aromatic heterocycles. The van der Waals surface area contributed by atoms with Gasteiger partial charge in [-0.2, -0.15) is 0 Å². The first-order chi connectivity index (χ1) is 8.06. The highest BCUT2D eigenvalue weighted by Crippen LogP contribution is 2.11. The van der Waals surface area contributed by atoms with Gasteiger partial charge in [0.1, 0.15) is 0 Å². The fourth-order valence-corrected chi connectivity index (χ4v) is 1.26. The SMILES string of the molecule is C=C(NC(=O)N(C)c1ccccc1)C(=O)CC. The minimum atomic E-state index is -0.372. The number of amides is 2. The zero-order valence-electron chi connectivity index (χ0n) is 10.1. The number of rotatable bonds is 4. The highest BCUT2D eigenvalue weighted by atomic mass is 16.2. The van der Waals surface area contributed by atoms with Crippen LogP contribution in [0, 0.1) is 0 Å². The molecule has 0 saturated heterocycles. The van der Waals surface area contributed by atoms with E-state index in [9.17, 15) is 9.59 Å². The van der Waals surface area contributed by atoms with Gasteiger partial charge in [0, 0.05) is 19.2 Å². The van der Waals surface area contributed by atoms with Crippen LogP contribution < -0.4 is 10.2 Å². The number of para-hydroxylation sites is 1. The van der Waals surface area contributed by atoms with Crippen molar-refractivity contribution in [2.24, 2.45) is 0 Å². The first kappa shape index (κ1) is 13.0. The number of anilines is 1. The number of ketones is 1. The van der Waals surface area contributed by atoms with Gasteiger partial charge in [0.05, 0.1) is 5.70 Å². The molecule has 90 valence electrons. The topological polar surface area (TPSA) is 49.4 Å². The molecule has 4 heteroatoms. The monoisotopic (exact) mass is 232 g/mol. The van der Waals surface area contributed by atoms with Gasteiger partial charge >= 0.3 is 6.03 Å². The van der Waals surface area contributed by atoms with Crippen LogP contribution in [0.15, 0.2) is 42.6 Å². The van der Waals surface area contributed by atoms with Crippen LogP contribution in [-0.4, -0.2) is 18.9 Å². The second-order valence-corrected chi connectivity index (χ2v) is 3.58. The summed E-state index contributed by atoms with van der Waals surface area (Å²) in [6.45, 7) is 5.26. The Hall–Kier alpha value is -2.10. The van der Waals surface area contributed by atoms with Crippen LogP contribution in [0.3, 0.4) is 0 Å². The van der Waals surface area contributed by atoms with E-state index in [1.165, 1.54) is 4.90 Å². The lowest BCUT2D eigenvalue weighted by Crippen LogP contribution is -2.38. The van der Waals surface area contributed by atoms with E-state index in [1.807, 2.05) is 30.3 Å². The molecule has 0 heterocycles. The van der Waals surface area contributed by atoms with Gasteiger partial charge in [-0.1, -0.05) is 31.7 Å². The normalized spacial score (nSPS) is 9.53. The first-order valence-corrected chi connectivity index (χ1v) is 5.38. The molecular formula is C13H16N2O2. The second-order valence-electron chi connectivity index (χ2n) is 3.58. The van der Waals surface area contributed by atoms with Gasteiger partial charge in [0.15, 0.2) is 5.78 Å². The van der Waals surface area contributed by atoms with Gasteiger partial charge < -0.3 is 5.32 Å². The maximum absolute atomic E-state index is 11.8. The summed E-state index contributed by atoms with van der Waals surface area (Å²) >= 11 is 0. The number of carbonyl (C=O) groups is 2. The number of nitrogens with zero attached hydrogens (tertiary/aromatic N) is 1. The zero-order chi connectivity index (χ0) is 12.8. The van der Waals surface area contributed by atoms with E-state index in [4.69, 9.17) is 0 Å². The van der Waals surface area contributed by atoms with E-state index in [-0.39, 0.29) is 17.5 Å². The zero-order valence-corrected chi connectivity index (χ0v) is 10.1. The number of hydrogen-bond donors (Lipinski definition) is 1. The van der Waals surface area contributed by atoms with Gasteiger partial charge in [0.25, 0.3) is 0 Å². The molecule has 0 fully saturated rings. The summed E-state index contributed by atoms with van der Waals surface area (Å²) in [5.74, 6) is -0.167. The van der Waals surface area contributed by atoms with Crippen molar-refractivity contribution in [3.63, 3.8) is 0 Å². The summed E-state index contributed by atoms with van der Waals surface area (Å²) in [6.07, 6.45) is 0.328. The number of urea groups is 1. The minimum Gasteiger partial charge on any atom is -0.305 e. The molecule has 0 atom stereocenters. The summed E-state index contributed by atoms with van der Waals surface area (Å²) in [4.78, 5) is 24.5. The summed E-state index contributed by atoms with van der Waals surface area (Å²) in [5.41, 5.74) is 0.877. The number of carbonyl (C=O) groups excluding carboxylic acids is 2. The first-order valence-electron chi connectivity index (χ1n) is 5.38. The van der Waals surface area contributed by atoms with Gasteiger partial charge in [-0.3, -0.25) is 9.69 Å². The second kappa shape index (κ2) is 5.84. The molecule has 4 nitrogen and oxygen atoms in total. The lowest BCUT2D eigenvalue weighted by Gasteiger charge is -2.18. The average Bonchev–Trinajstić information content (AvgIpc) is 2.37. The number of benzene rings is 1. The Labute approximate surface area is 101 Å². The Kier molecular flexibility index (Phi) is 4.46. The van der Waals surface area contributed by atoms with Crippen molar-refractivity contribution in [3.8, 4) is 0 Å². The van der Waals surface area contributed by atoms with Crippen LogP contribution in [0.4, 0.5) is 10.5 Å². The summed E-state index contributed by atoms with van der Waals surface area (Å²) in [5, 5.41) is 2.47. The predicted molar refractivity (Wildman–Crippen MR) is 67.8 cm³/mol. The quantitative estimate of drug-likeness (QED) is 0.810. The molecule has 0 aliphatic heterocycles. The third-order valence-electron chi connectivity index (χ3n) is 2.36. The standard InChI is InChI=1S/C13H16N2O2/c1-4-12(16)10(2)14-13(17)15(3)11-8-6-5-7-9-11/h5-9H,2,4H2,1,3H3,(H,14,17). The van der Waals surface area contributed by atoms with Crippen molar-refractivity contribution in [3.05, 3.63) is 42.6 Å². The van der Waals surface area contributed by atoms with E-state index in [0.29, 0.717) is 6.42 Å². The molecular weight excluding hydrogens is 216 g/mol. The maximum atomic E-state index is 11.8. The molecule has 0 saturated carbocycles. The van der Waals surface area contributed by atoms with Gasteiger partial charge in [0.2, 0.25) is 0 Å². The molecule has 1 aromatic carbocycles. The minimum absolute atomic E-state index is 0.125. The number of hydrogen-bond acceptors (Lipinski definition) is 2. The van der Waals surface area contributed by atoms with E-state index in [0.717, 1.165) is 5.69 Å². The van der Waals surface area contributed by atoms with Crippen molar-refractivity contribution < 1.29 is 9.59 Å². The van der Waals surface area contributed by atoms with Gasteiger partial charge in [-0.15, -0.1) is 0 Å². The summed E-state index contributed by atoms with van der Waals surface area (Å²) < 4.78 is 0. The summed E-state index contributed by atoms with van der Waals surface area (Å²) in [7, 11) is 1.63. The van der Waals surface area contributed by atoms with E-state index in [1.54, 1.807) is 14.0 Å². The third-order valence-corrected chi connectivity index (χ3v) is 2.36. The van der Waals surface area contributed by atoms with Crippen LogP contribution in [0.25, 0.3) is 0 Å². The van der Waals surface area contributed by atoms with Crippen LogP contribution in [0.2, 0.25) is 0 Å². The smallest absolute Gasteiger partial charge is 0.305 e. The Morgan fingerprint density at radius 1 is 1.29 bits per heavy atom. The lowest BCUT2D eigenvalue weighted by atomic mass is 10.2. The molecule has 0 aliphatic rings. The van der Waals surface area contributed by atoms with Crippen LogP contribution in [0.1, 0.15) is 13.3 Å². The van der Waals surface area contributed by atoms with Gasteiger partial charge in [-0.25, -0.2) is 4.79 Å². The lowest BCUT2D eigenvalue weighted by molar-refractivity contribution is -0.115. The molecule has 0 spiro atoms. The molecule has 1 aromatic rings. The Morgan fingerprint density at radius 3 is 2.41 bits per heavy atom. The molecule has 1 rings (SSSR count). The average molecular weight is 232 g/mol. The van der Waals surface area contributed by atoms with Crippen molar-refractivity contribution in [1.29, 1.82) is 0 Å². The largest absolute Gasteiger partial charge is 0.326 e. The van der Waals surface area contributed by atoms with Crippen molar-refractivity contribution >= 4 is 17.5 Å². The Morgan fingerprint density at radius 2 is 1.88 bits per heavy atom. The maximum Gasteiger partial charge on any atom is 0.326 e. The molecule has 0 aliphatic carbocycles. The fraction of sp³-hybridized carbons (Fsp3) is 0.231. The van der Waals surface area contributed by atoms with E-state index < -0.39 is 0 Å². The predicted octanol–water partition coefficient (Wildman–Crippen LogP) is 2.33. The van der Waals surface area contributed by atoms with Crippen molar-refractivity contribution in [1.82, 2.24) is 5.32 Å². The number of nitrogens with one attached hydrogen (secondary N) is 1. The fourth-order valence-electron chi connectivity index (χ4n) is 1.26. The number of allylic oxidation sites excluding steroid dienone is 1. The van der Waals surface area contributed by atoms with Gasteiger partial charge in [-0.05, 0) is 12.1 Å². The van der Waals surface area contributed by atoms with E-state index >= 15 is 0 Å². The molecule has 17 heavy (non-hydrogen) atoms. The highest BCUT2D eigenvalue weighted by Gasteiger charge is 2.13. The van der Waals surface area contributed by atoms with Crippen LogP contribution >= 0.6 is 0 Å². The molecule has 0 bridgehead atoms. The van der Waals surface area contributed by atoms with Crippen LogP contribution in [-0.2, 0) is 4.79 Å². The third kappa shape index (κ3) is 3.45. The number of Topliss-reactive ketones (excluding diaryl/α,β-unsaturated/α-hetero) is 1. The highest BCUT2D eigenvalue weighted by molar-refractivity contribution is 6.01. The Balaban J connectivity index is 2.66. The molecule has 2 amide bonds.